The van der Waals surface area contributed by atoms with Gasteiger partial charge in [-0.1, -0.05) is 32.6 Å². The van der Waals surface area contributed by atoms with Crippen LogP contribution in [0.2, 0.25) is 0 Å². The summed E-state index contributed by atoms with van der Waals surface area (Å²) < 4.78 is 4.86. The van der Waals surface area contributed by atoms with E-state index in [1.165, 1.54) is 32.8 Å². The summed E-state index contributed by atoms with van der Waals surface area (Å²) >= 11 is 0. The highest BCUT2D eigenvalue weighted by molar-refractivity contribution is 5.99. The van der Waals surface area contributed by atoms with Crippen LogP contribution in [0.5, 0.6) is 0 Å². The Labute approximate surface area is 210 Å². The van der Waals surface area contributed by atoms with Crippen molar-refractivity contribution in [3.05, 3.63) is 23.8 Å². The molecule has 7 nitrogen and oxygen atoms in total. The maximum absolute atomic E-state index is 13.0. The smallest absolute Gasteiger partial charge is 0.337 e. The summed E-state index contributed by atoms with van der Waals surface area (Å²) in [5, 5.41) is 6.37. The number of methoxy groups -OCH3 is 1. The topological polar surface area (TPSA) is 87.7 Å². The van der Waals surface area contributed by atoms with Gasteiger partial charge in [-0.15, -0.1) is 0 Å². The lowest BCUT2D eigenvalue weighted by Gasteiger charge is -2.33. The molecule has 0 atom stereocenters. The third-order valence-electron chi connectivity index (χ3n) is 7.82. The monoisotopic (exact) mass is 485 g/mol. The number of anilines is 2. The highest BCUT2D eigenvalue weighted by Gasteiger charge is 2.27. The van der Waals surface area contributed by atoms with Crippen LogP contribution in [-0.4, -0.2) is 48.9 Å². The van der Waals surface area contributed by atoms with Crippen molar-refractivity contribution >= 4 is 29.2 Å². The van der Waals surface area contributed by atoms with E-state index in [1.54, 1.807) is 18.2 Å². The molecule has 0 heterocycles. The number of rotatable bonds is 10. The zero-order valence-corrected chi connectivity index (χ0v) is 21.7. The highest BCUT2D eigenvalue weighted by Crippen LogP contribution is 2.32. The summed E-state index contributed by atoms with van der Waals surface area (Å²) in [6.07, 6.45) is 11.4. The fourth-order valence-electron chi connectivity index (χ4n) is 5.59. The van der Waals surface area contributed by atoms with Gasteiger partial charge in [-0.25, -0.2) is 4.79 Å². The molecule has 7 heteroatoms. The summed E-state index contributed by atoms with van der Waals surface area (Å²) in [6, 6.07) is 5.47. The average Bonchev–Trinajstić information content (AvgIpc) is 2.90. The van der Waals surface area contributed by atoms with Crippen molar-refractivity contribution < 1.29 is 19.1 Å². The Hall–Kier alpha value is -2.57. The van der Waals surface area contributed by atoms with Crippen molar-refractivity contribution in [1.82, 2.24) is 4.90 Å². The molecule has 0 spiro atoms. The maximum atomic E-state index is 13.0. The van der Waals surface area contributed by atoms with Crippen LogP contribution in [0.3, 0.4) is 0 Å². The van der Waals surface area contributed by atoms with Crippen LogP contribution in [0.4, 0.5) is 11.4 Å². The first kappa shape index (κ1) is 27.0. The number of hydrogen-bond donors (Lipinski definition) is 2. The molecule has 2 aliphatic carbocycles. The van der Waals surface area contributed by atoms with E-state index < -0.39 is 5.97 Å². The fourth-order valence-corrected chi connectivity index (χ4v) is 5.59. The number of carbonyl (C=O) groups is 3. The van der Waals surface area contributed by atoms with Crippen LogP contribution in [-0.2, 0) is 14.3 Å². The van der Waals surface area contributed by atoms with Crippen LogP contribution < -0.4 is 10.6 Å². The van der Waals surface area contributed by atoms with Crippen LogP contribution in [0.1, 0.15) is 94.8 Å². The number of carbonyl (C=O) groups excluding carboxylic acids is 3. The van der Waals surface area contributed by atoms with Crippen LogP contribution in [0, 0.1) is 11.8 Å². The normalized spacial score (nSPS) is 20.7. The van der Waals surface area contributed by atoms with Gasteiger partial charge in [0.05, 0.1) is 24.0 Å². The van der Waals surface area contributed by atoms with Gasteiger partial charge in [0.2, 0.25) is 11.8 Å². The zero-order chi connectivity index (χ0) is 25.2. The van der Waals surface area contributed by atoms with Crippen molar-refractivity contribution in [3.63, 3.8) is 0 Å². The lowest BCUT2D eigenvalue weighted by molar-refractivity contribution is -0.133. The van der Waals surface area contributed by atoms with Gasteiger partial charge in [-0.3, -0.25) is 9.59 Å². The minimum absolute atomic E-state index is 0.00449. The molecule has 1 aromatic carbocycles. The van der Waals surface area contributed by atoms with E-state index >= 15 is 0 Å². The number of esters is 1. The number of amides is 2. The number of nitrogens with one attached hydrogen (secondary N) is 2. The van der Waals surface area contributed by atoms with Gasteiger partial charge in [0.1, 0.15) is 0 Å². The van der Waals surface area contributed by atoms with Crippen molar-refractivity contribution in [2.24, 2.45) is 11.8 Å². The largest absolute Gasteiger partial charge is 0.465 e. The molecular formula is C28H43N3O4. The van der Waals surface area contributed by atoms with Crippen LogP contribution in [0.15, 0.2) is 18.2 Å². The second kappa shape index (κ2) is 13.5. The van der Waals surface area contributed by atoms with E-state index in [0.717, 1.165) is 45.1 Å². The molecule has 2 aliphatic rings. The van der Waals surface area contributed by atoms with Gasteiger partial charge in [-0.2, -0.15) is 0 Å². The number of hydrogen-bond acceptors (Lipinski definition) is 5. The predicted molar refractivity (Wildman–Crippen MR) is 140 cm³/mol. The Morgan fingerprint density at radius 3 is 2.31 bits per heavy atom. The lowest BCUT2D eigenvalue weighted by Crippen LogP contribution is -2.41. The maximum Gasteiger partial charge on any atom is 0.337 e. The molecule has 35 heavy (non-hydrogen) atoms. The minimum Gasteiger partial charge on any atom is -0.465 e. The van der Waals surface area contributed by atoms with Crippen molar-refractivity contribution in [2.75, 3.05) is 30.8 Å². The quantitative estimate of drug-likeness (QED) is 0.421. The molecule has 194 valence electrons. The summed E-state index contributed by atoms with van der Waals surface area (Å²) in [5.74, 6) is 0.415. The van der Waals surface area contributed by atoms with Gasteiger partial charge in [0, 0.05) is 31.5 Å². The molecule has 0 radical (unpaired) electrons. The minimum atomic E-state index is -0.447. The first-order valence-electron chi connectivity index (χ1n) is 13.5. The Morgan fingerprint density at radius 2 is 1.69 bits per heavy atom. The van der Waals surface area contributed by atoms with E-state index in [2.05, 4.69) is 17.6 Å². The molecule has 2 saturated carbocycles. The number of benzene rings is 1. The van der Waals surface area contributed by atoms with Gasteiger partial charge in [0.15, 0.2) is 0 Å². The second-order valence-corrected chi connectivity index (χ2v) is 10.0. The Morgan fingerprint density at radius 1 is 0.971 bits per heavy atom. The molecule has 2 amide bonds. The van der Waals surface area contributed by atoms with Gasteiger partial charge in [0.25, 0.3) is 0 Å². The van der Waals surface area contributed by atoms with Gasteiger partial charge < -0.3 is 20.3 Å². The molecule has 2 N–H and O–H groups in total. The molecule has 3 rings (SSSR count). The third-order valence-corrected chi connectivity index (χ3v) is 7.82. The first-order valence-corrected chi connectivity index (χ1v) is 13.5. The summed E-state index contributed by atoms with van der Waals surface area (Å²) in [4.78, 5) is 40.1. The lowest BCUT2D eigenvalue weighted by atomic mass is 9.80. The van der Waals surface area contributed by atoms with Crippen molar-refractivity contribution in [2.45, 2.75) is 90.5 Å². The van der Waals surface area contributed by atoms with Gasteiger partial charge >= 0.3 is 5.97 Å². The highest BCUT2D eigenvalue weighted by atomic mass is 16.5. The SMILES string of the molecule is CCC1CCC(C(=O)Nc2cc(C(=O)OC)ccc2NCCC(=O)N(CC)C2CCCCC2)CC1. The Kier molecular flexibility index (Phi) is 10.4. The molecule has 0 aromatic heterocycles. The van der Waals surface area contributed by atoms with E-state index in [9.17, 15) is 14.4 Å². The number of nitrogens with zero attached hydrogens (tertiary/aromatic N) is 1. The second-order valence-electron chi connectivity index (χ2n) is 10.0. The molecule has 0 saturated heterocycles. The van der Waals surface area contributed by atoms with E-state index in [0.29, 0.717) is 41.9 Å². The molecule has 0 aliphatic heterocycles. The van der Waals surface area contributed by atoms with Gasteiger partial charge in [-0.05, 0) is 69.6 Å². The summed E-state index contributed by atoms with van der Waals surface area (Å²) in [5.41, 5.74) is 1.65. The summed E-state index contributed by atoms with van der Waals surface area (Å²) in [7, 11) is 1.34. The Bertz CT molecular complexity index is 858. The average molecular weight is 486 g/mol. The molecule has 0 unspecified atom stereocenters. The van der Waals surface area contributed by atoms with Crippen molar-refractivity contribution in [3.8, 4) is 0 Å². The predicted octanol–water partition coefficient (Wildman–Crippen LogP) is 5.61. The standard InChI is InChI=1S/C28H43N3O4/c1-4-20-11-13-21(14-12-20)27(33)30-25-19-22(28(34)35-3)15-16-24(25)29-18-17-26(32)31(5-2)23-9-7-6-8-10-23/h15-16,19-21,23,29H,4-14,17-18H2,1-3H3,(H,30,33). The zero-order valence-electron chi connectivity index (χ0n) is 21.7. The molecule has 1 aromatic rings. The molecule has 0 bridgehead atoms. The summed E-state index contributed by atoms with van der Waals surface area (Å²) in [6.45, 7) is 5.46. The van der Waals surface area contributed by atoms with Crippen molar-refractivity contribution in [1.29, 1.82) is 0 Å². The molecular weight excluding hydrogens is 442 g/mol. The van der Waals surface area contributed by atoms with Crippen LogP contribution >= 0.6 is 0 Å². The molecule has 2 fully saturated rings. The van der Waals surface area contributed by atoms with Crippen LogP contribution in [0.25, 0.3) is 0 Å². The van der Waals surface area contributed by atoms with E-state index in [4.69, 9.17) is 4.74 Å². The Balaban J connectivity index is 1.63. The first-order chi connectivity index (χ1) is 17.0. The third kappa shape index (κ3) is 7.45. The van der Waals surface area contributed by atoms with E-state index in [-0.39, 0.29) is 17.7 Å². The number of ether oxygens (including phenoxy) is 1. The fraction of sp³-hybridized carbons (Fsp3) is 0.679. The van der Waals surface area contributed by atoms with E-state index in [1.807, 2.05) is 11.8 Å².